The molecule has 1 atom stereocenters. The zero-order chi connectivity index (χ0) is 14.2. The van der Waals surface area contributed by atoms with E-state index < -0.39 is 15.7 Å². The van der Waals surface area contributed by atoms with Crippen molar-refractivity contribution in [3.05, 3.63) is 34.1 Å². The van der Waals surface area contributed by atoms with Gasteiger partial charge in [0.15, 0.2) is 0 Å². The molecule has 2 nitrogen and oxygen atoms in total. The molecule has 104 valence electrons. The van der Waals surface area contributed by atoms with E-state index in [-0.39, 0.29) is 11.7 Å². The summed E-state index contributed by atoms with van der Waals surface area (Å²) < 4.78 is 29.5. The number of hydrogen-bond acceptors (Lipinski definition) is 1. The Kier molecular flexibility index (Phi) is 4.11. The summed E-state index contributed by atoms with van der Waals surface area (Å²) in [5.74, 6) is -0.0134. The molecule has 0 aromatic heterocycles. The molecule has 1 fully saturated rings. The predicted molar refractivity (Wildman–Crippen MR) is 78.9 cm³/mol. The highest BCUT2D eigenvalue weighted by Crippen LogP contribution is 2.42. The van der Waals surface area contributed by atoms with Gasteiger partial charge in [-0.25, -0.2) is 8.60 Å². The standard InChI is InChI=1S/C14H17ClFNOS/c1-14(2,3)19(18)17-8-10-6-11(15)7-12(13(10)16)9-4-5-9/h6-9H,4-5H2,1-3H3/b17-8+/t19-/m1/s1. The molecule has 1 aliphatic carbocycles. The normalized spacial score (nSPS) is 17.9. The molecule has 0 N–H and O–H groups in total. The summed E-state index contributed by atoms with van der Waals surface area (Å²) in [5.41, 5.74) is 0.961. The number of nitrogens with zero attached hydrogens (tertiary/aromatic N) is 1. The number of rotatable bonds is 3. The number of halogens is 2. The SMILES string of the molecule is CC(C)(C)[S@@](=O)/N=C/c1cc(Cl)cc(C2CC2)c1F. The first-order valence-electron chi connectivity index (χ1n) is 6.24. The van der Waals surface area contributed by atoms with Crippen LogP contribution in [-0.4, -0.2) is 15.2 Å². The first-order chi connectivity index (χ1) is 8.79. The molecule has 19 heavy (non-hydrogen) atoms. The Labute approximate surface area is 120 Å². The van der Waals surface area contributed by atoms with Crippen LogP contribution in [-0.2, 0) is 11.0 Å². The van der Waals surface area contributed by atoms with Gasteiger partial charge in [0.05, 0.1) is 4.75 Å². The number of hydrogen-bond donors (Lipinski definition) is 0. The summed E-state index contributed by atoms with van der Waals surface area (Å²) in [6, 6.07) is 3.19. The molecule has 0 unspecified atom stereocenters. The highest BCUT2D eigenvalue weighted by atomic mass is 35.5. The molecular weight excluding hydrogens is 285 g/mol. The van der Waals surface area contributed by atoms with Crippen molar-refractivity contribution in [3.8, 4) is 0 Å². The van der Waals surface area contributed by atoms with Crippen LogP contribution < -0.4 is 0 Å². The highest BCUT2D eigenvalue weighted by Gasteiger charge is 2.28. The summed E-state index contributed by atoms with van der Waals surface area (Å²) in [5, 5.41) is 0.492. The second-order valence-electron chi connectivity index (χ2n) is 5.77. The van der Waals surface area contributed by atoms with Crippen molar-refractivity contribution in [3.63, 3.8) is 0 Å². The molecule has 0 heterocycles. The highest BCUT2D eigenvalue weighted by molar-refractivity contribution is 7.85. The molecule has 1 aromatic rings. The van der Waals surface area contributed by atoms with Crippen molar-refractivity contribution in [1.29, 1.82) is 0 Å². The second kappa shape index (κ2) is 5.33. The van der Waals surface area contributed by atoms with E-state index in [1.165, 1.54) is 12.3 Å². The van der Waals surface area contributed by atoms with Crippen LogP contribution in [0.3, 0.4) is 0 Å². The van der Waals surface area contributed by atoms with Crippen LogP contribution in [0.4, 0.5) is 4.39 Å². The molecule has 0 bridgehead atoms. The first kappa shape index (κ1) is 14.7. The van der Waals surface area contributed by atoms with Crippen molar-refractivity contribution in [2.45, 2.75) is 44.3 Å². The molecule has 0 amide bonds. The van der Waals surface area contributed by atoms with Gasteiger partial charge in [0.2, 0.25) is 0 Å². The first-order valence-corrected chi connectivity index (χ1v) is 7.72. The Bertz CT molecular complexity index is 547. The topological polar surface area (TPSA) is 29.4 Å². The van der Waals surface area contributed by atoms with Crippen LogP contribution >= 0.6 is 11.6 Å². The van der Waals surface area contributed by atoms with Crippen molar-refractivity contribution >= 4 is 28.8 Å². The Hall–Kier alpha value is -0.740. The minimum Gasteiger partial charge on any atom is -0.234 e. The predicted octanol–water partition coefficient (Wildman–Crippen LogP) is 4.24. The van der Waals surface area contributed by atoms with Crippen molar-refractivity contribution in [2.24, 2.45) is 4.40 Å². The monoisotopic (exact) mass is 301 g/mol. The average molecular weight is 302 g/mol. The maximum absolute atomic E-state index is 14.2. The van der Waals surface area contributed by atoms with Gasteiger partial charge < -0.3 is 0 Å². The molecule has 0 saturated heterocycles. The van der Waals surface area contributed by atoms with Gasteiger partial charge in [-0.2, -0.15) is 4.40 Å². The minimum atomic E-state index is -1.39. The fourth-order valence-corrected chi connectivity index (χ4v) is 2.44. The summed E-state index contributed by atoms with van der Waals surface area (Å²) >= 11 is 5.99. The largest absolute Gasteiger partial charge is 0.234 e. The van der Waals surface area contributed by atoms with Crippen LogP contribution in [0.15, 0.2) is 16.5 Å². The van der Waals surface area contributed by atoms with Crippen molar-refractivity contribution < 1.29 is 8.60 Å². The fraction of sp³-hybridized carbons (Fsp3) is 0.500. The zero-order valence-corrected chi connectivity index (χ0v) is 12.8. The summed E-state index contributed by atoms with van der Waals surface area (Å²) in [6.45, 7) is 5.47. The third kappa shape index (κ3) is 3.63. The molecule has 1 aromatic carbocycles. The summed E-state index contributed by atoms with van der Waals surface area (Å²) in [4.78, 5) is 0. The van der Waals surface area contributed by atoms with E-state index in [0.29, 0.717) is 16.1 Å². The van der Waals surface area contributed by atoms with Crippen LogP contribution in [0.1, 0.15) is 50.7 Å². The Morgan fingerprint density at radius 3 is 2.58 bits per heavy atom. The van der Waals surface area contributed by atoms with Crippen LogP contribution in [0.5, 0.6) is 0 Å². The Balaban J connectivity index is 2.30. The molecule has 1 aliphatic rings. The molecule has 1 saturated carbocycles. The summed E-state index contributed by atoms with van der Waals surface area (Å²) in [7, 11) is -1.39. The lowest BCUT2D eigenvalue weighted by atomic mass is 10.1. The van der Waals surface area contributed by atoms with Gasteiger partial charge in [-0.15, -0.1) is 0 Å². The van der Waals surface area contributed by atoms with Gasteiger partial charge in [-0.05, 0) is 57.2 Å². The third-order valence-electron chi connectivity index (χ3n) is 2.92. The maximum atomic E-state index is 14.2. The molecular formula is C14H17ClFNOS. The summed E-state index contributed by atoms with van der Waals surface area (Å²) in [6.07, 6.45) is 3.33. The van der Waals surface area contributed by atoms with Crippen molar-refractivity contribution in [2.75, 3.05) is 0 Å². The number of benzene rings is 1. The zero-order valence-electron chi connectivity index (χ0n) is 11.2. The van der Waals surface area contributed by atoms with Crippen molar-refractivity contribution in [1.82, 2.24) is 0 Å². The Morgan fingerprint density at radius 2 is 2.05 bits per heavy atom. The molecule has 0 radical (unpaired) electrons. The van der Waals surface area contributed by atoms with Crippen LogP contribution in [0, 0.1) is 5.82 Å². The van der Waals surface area contributed by atoms with E-state index >= 15 is 0 Å². The third-order valence-corrected chi connectivity index (χ3v) is 4.49. The Morgan fingerprint density at radius 1 is 1.42 bits per heavy atom. The quantitative estimate of drug-likeness (QED) is 0.768. The lowest BCUT2D eigenvalue weighted by Gasteiger charge is -2.13. The van der Waals surface area contributed by atoms with E-state index in [9.17, 15) is 8.60 Å². The lowest BCUT2D eigenvalue weighted by Crippen LogP contribution is -2.19. The molecule has 0 spiro atoms. The fourth-order valence-electron chi connectivity index (χ4n) is 1.68. The van der Waals surface area contributed by atoms with E-state index in [1.807, 2.05) is 20.8 Å². The van der Waals surface area contributed by atoms with Gasteiger partial charge in [0, 0.05) is 16.8 Å². The second-order valence-corrected chi connectivity index (χ2v) is 8.14. The van der Waals surface area contributed by atoms with E-state index in [4.69, 9.17) is 11.6 Å². The van der Waals surface area contributed by atoms with Crippen LogP contribution in [0.2, 0.25) is 5.02 Å². The van der Waals surface area contributed by atoms with Gasteiger partial charge in [-0.1, -0.05) is 11.6 Å². The lowest BCUT2D eigenvalue weighted by molar-refractivity contribution is 0.609. The molecule has 5 heteroatoms. The van der Waals surface area contributed by atoms with E-state index in [2.05, 4.69) is 4.40 Å². The maximum Gasteiger partial charge on any atom is 0.144 e. The van der Waals surface area contributed by atoms with Crippen LogP contribution in [0.25, 0.3) is 0 Å². The van der Waals surface area contributed by atoms with Gasteiger partial charge in [0.25, 0.3) is 0 Å². The smallest absolute Gasteiger partial charge is 0.144 e. The average Bonchev–Trinajstić information content (AvgIpc) is 3.12. The molecule has 0 aliphatic heterocycles. The minimum absolute atomic E-state index is 0.277. The van der Waals surface area contributed by atoms with E-state index in [1.54, 1.807) is 6.07 Å². The van der Waals surface area contributed by atoms with Gasteiger partial charge >= 0.3 is 0 Å². The van der Waals surface area contributed by atoms with E-state index in [0.717, 1.165) is 12.8 Å². The van der Waals surface area contributed by atoms with Gasteiger partial charge in [-0.3, -0.25) is 0 Å². The molecule has 2 rings (SSSR count). The van der Waals surface area contributed by atoms with Gasteiger partial charge in [0.1, 0.15) is 16.8 Å².